The van der Waals surface area contributed by atoms with Crippen LogP contribution in [0.25, 0.3) is 0 Å². The predicted octanol–water partition coefficient (Wildman–Crippen LogP) is 3.74. The van der Waals surface area contributed by atoms with E-state index in [1.54, 1.807) is 0 Å². The van der Waals surface area contributed by atoms with Crippen LogP contribution in [0, 0.1) is 5.92 Å². The van der Waals surface area contributed by atoms with E-state index in [-0.39, 0.29) is 6.10 Å². The molecular formula is C19H19NO2. The van der Waals surface area contributed by atoms with Crippen molar-refractivity contribution in [1.82, 2.24) is 0 Å². The fourth-order valence-electron chi connectivity index (χ4n) is 2.95. The maximum atomic E-state index is 10.8. The number of carbonyl (C=O) groups is 1. The summed E-state index contributed by atoms with van der Waals surface area (Å²) in [5.74, 6) is 0.309. The highest BCUT2D eigenvalue weighted by molar-refractivity contribution is 5.71. The standard InChI is InChI=1S/C19H19NO2/c21-14-22-18(11-15-6-2-1-3-7-15)12-16-10-17-8-4-5-9-19(17)20-13-16/h1-9,13-14,16,18H,10-12H2. The number of hydrogen-bond acceptors (Lipinski definition) is 3. The van der Waals surface area contributed by atoms with Gasteiger partial charge in [0.05, 0.1) is 5.69 Å². The van der Waals surface area contributed by atoms with Gasteiger partial charge in [0.1, 0.15) is 6.10 Å². The van der Waals surface area contributed by atoms with E-state index in [1.165, 1.54) is 11.1 Å². The number of benzene rings is 2. The first-order valence-electron chi connectivity index (χ1n) is 7.60. The molecular weight excluding hydrogens is 274 g/mol. The summed E-state index contributed by atoms with van der Waals surface area (Å²) in [4.78, 5) is 15.3. The Kier molecular flexibility index (Phi) is 4.64. The van der Waals surface area contributed by atoms with Gasteiger partial charge in [0.25, 0.3) is 6.47 Å². The fraction of sp³-hybridized carbons (Fsp3) is 0.263. The molecule has 0 spiro atoms. The van der Waals surface area contributed by atoms with Crippen molar-refractivity contribution in [2.75, 3.05) is 0 Å². The molecule has 3 heteroatoms. The molecule has 0 radical (unpaired) electrons. The fourth-order valence-corrected chi connectivity index (χ4v) is 2.95. The van der Waals surface area contributed by atoms with Crippen molar-refractivity contribution in [1.29, 1.82) is 0 Å². The summed E-state index contributed by atoms with van der Waals surface area (Å²) in [7, 11) is 0. The Bertz CT molecular complexity index is 651. The smallest absolute Gasteiger partial charge is 0.293 e. The molecule has 2 atom stereocenters. The van der Waals surface area contributed by atoms with Gasteiger partial charge in [-0.15, -0.1) is 0 Å². The molecule has 0 saturated heterocycles. The number of carbonyl (C=O) groups excluding carboxylic acids is 1. The number of hydrogen-bond donors (Lipinski definition) is 0. The third kappa shape index (κ3) is 3.61. The van der Waals surface area contributed by atoms with Crippen molar-refractivity contribution in [2.45, 2.75) is 25.4 Å². The van der Waals surface area contributed by atoms with Crippen LogP contribution in [0.2, 0.25) is 0 Å². The van der Waals surface area contributed by atoms with Crippen molar-refractivity contribution >= 4 is 18.4 Å². The number of para-hydroxylation sites is 1. The normalized spacial score (nSPS) is 17.5. The van der Waals surface area contributed by atoms with Gasteiger partial charge in [0.15, 0.2) is 0 Å². The van der Waals surface area contributed by atoms with Gasteiger partial charge in [-0.3, -0.25) is 9.79 Å². The average molecular weight is 293 g/mol. The van der Waals surface area contributed by atoms with Gasteiger partial charge < -0.3 is 4.74 Å². The summed E-state index contributed by atoms with van der Waals surface area (Å²) in [6.45, 7) is 0.557. The Morgan fingerprint density at radius 2 is 1.91 bits per heavy atom. The number of nitrogens with zero attached hydrogens (tertiary/aromatic N) is 1. The number of aliphatic imine (C=N–C) groups is 1. The number of fused-ring (bicyclic) bond motifs is 1. The van der Waals surface area contributed by atoms with E-state index in [9.17, 15) is 4.79 Å². The minimum Gasteiger partial charge on any atom is -0.464 e. The molecule has 0 aromatic heterocycles. The number of rotatable bonds is 6. The lowest BCUT2D eigenvalue weighted by Gasteiger charge is -2.23. The predicted molar refractivity (Wildman–Crippen MR) is 87.5 cm³/mol. The maximum absolute atomic E-state index is 10.8. The summed E-state index contributed by atoms with van der Waals surface area (Å²) in [5, 5.41) is 0. The molecule has 2 aromatic carbocycles. The molecule has 0 saturated carbocycles. The van der Waals surface area contributed by atoms with Crippen LogP contribution in [0.4, 0.5) is 5.69 Å². The average Bonchev–Trinajstić information content (AvgIpc) is 2.56. The lowest BCUT2D eigenvalue weighted by molar-refractivity contribution is -0.134. The second-order valence-electron chi connectivity index (χ2n) is 5.65. The molecule has 1 heterocycles. The minimum absolute atomic E-state index is 0.110. The zero-order chi connectivity index (χ0) is 15.2. The number of ether oxygens (including phenoxy) is 1. The monoisotopic (exact) mass is 293 g/mol. The zero-order valence-electron chi connectivity index (χ0n) is 12.4. The molecule has 1 aliphatic rings. The van der Waals surface area contributed by atoms with Crippen LogP contribution in [0.5, 0.6) is 0 Å². The van der Waals surface area contributed by atoms with Gasteiger partial charge in [-0.2, -0.15) is 0 Å². The van der Waals surface area contributed by atoms with E-state index in [1.807, 2.05) is 42.6 Å². The third-order valence-corrected chi connectivity index (χ3v) is 4.02. The summed E-state index contributed by atoms with van der Waals surface area (Å²) < 4.78 is 5.29. The van der Waals surface area contributed by atoms with E-state index in [4.69, 9.17) is 4.74 Å². The van der Waals surface area contributed by atoms with Crippen molar-refractivity contribution in [3.05, 3.63) is 65.7 Å². The highest BCUT2D eigenvalue weighted by Gasteiger charge is 2.20. The van der Waals surface area contributed by atoms with E-state index in [2.05, 4.69) is 23.2 Å². The van der Waals surface area contributed by atoms with Crippen LogP contribution in [-0.4, -0.2) is 18.8 Å². The largest absolute Gasteiger partial charge is 0.464 e. The zero-order valence-corrected chi connectivity index (χ0v) is 12.4. The minimum atomic E-state index is -0.110. The van der Waals surface area contributed by atoms with Gasteiger partial charge >= 0.3 is 0 Å². The third-order valence-electron chi connectivity index (χ3n) is 4.02. The summed E-state index contributed by atoms with van der Waals surface area (Å²) in [6.07, 6.45) is 4.38. The van der Waals surface area contributed by atoms with Gasteiger partial charge in [-0.05, 0) is 30.0 Å². The highest BCUT2D eigenvalue weighted by atomic mass is 16.5. The summed E-state index contributed by atoms with van der Waals surface area (Å²) in [6, 6.07) is 18.3. The molecule has 3 nitrogen and oxygen atoms in total. The van der Waals surface area contributed by atoms with Crippen molar-refractivity contribution in [2.24, 2.45) is 10.9 Å². The summed E-state index contributed by atoms with van der Waals surface area (Å²) >= 11 is 0. The lowest BCUT2D eigenvalue weighted by Crippen LogP contribution is -2.23. The molecule has 0 amide bonds. The van der Waals surface area contributed by atoms with Crippen LogP contribution in [-0.2, 0) is 22.4 Å². The first-order valence-corrected chi connectivity index (χ1v) is 7.60. The molecule has 0 fully saturated rings. The van der Waals surface area contributed by atoms with E-state index in [0.29, 0.717) is 12.4 Å². The Labute approximate surface area is 130 Å². The molecule has 0 aliphatic carbocycles. The van der Waals surface area contributed by atoms with Crippen molar-refractivity contribution in [3.63, 3.8) is 0 Å². The van der Waals surface area contributed by atoms with E-state index >= 15 is 0 Å². The molecule has 22 heavy (non-hydrogen) atoms. The Balaban J connectivity index is 1.66. The molecule has 2 unspecified atom stereocenters. The van der Waals surface area contributed by atoms with E-state index in [0.717, 1.165) is 24.9 Å². The van der Waals surface area contributed by atoms with Crippen LogP contribution in [0.1, 0.15) is 17.5 Å². The SMILES string of the molecule is O=COC(Cc1ccccc1)CC1C=Nc2ccccc2C1. The topological polar surface area (TPSA) is 38.7 Å². The van der Waals surface area contributed by atoms with Crippen molar-refractivity contribution in [3.8, 4) is 0 Å². The molecule has 112 valence electrons. The van der Waals surface area contributed by atoms with Crippen molar-refractivity contribution < 1.29 is 9.53 Å². The molecule has 3 rings (SSSR count). The second kappa shape index (κ2) is 7.03. The van der Waals surface area contributed by atoms with Crippen LogP contribution in [0.3, 0.4) is 0 Å². The molecule has 0 N–H and O–H groups in total. The van der Waals surface area contributed by atoms with Crippen LogP contribution in [0.15, 0.2) is 59.6 Å². The highest BCUT2D eigenvalue weighted by Crippen LogP contribution is 2.28. The first kappa shape index (κ1) is 14.5. The van der Waals surface area contributed by atoms with E-state index < -0.39 is 0 Å². The van der Waals surface area contributed by atoms with Gasteiger partial charge in [-0.1, -0.05) is 48.5 Å². The van der Waals surface area contributed by atoms with Crippen LogP contribution >= 0.6 is 0 Å². The summed E-state index contributed by atoms with van der Waals surface area (Å²) in [5.41, 5.74) is 3.50. The van der Waals surface area contributed by atoms with Crippen LogP contribution < -0.4 is 0 Å². The lowest BCUT2D eigenvalue weighted by atomic mass is 9.90. The van der Waals surface area contributed by atoms with Gasteiger partial charge in [-0.25, -0.2) is 0 Å². The molecule has 1 aliphatic heterocycles. The molecule has 0 bridgehead atoms. The molecule has 2 aromatic rings. The van der Waals surface area contributed by atoms with Gasteiger partial charge in [0, 0.05) is 18.6 Å². The second-order valence-corrected chi connectivity index (χ2v) is 5.65. The quantitative estimate of drug-likeness (QED) is 0.761. The Hall–Kier alpha value is -2.42. The Morgan fingerprint density at radius 1 is 1.14 bits per heavy atom. The first-order chi connectivity index (χ1) is 10.8. The Morgan fingerprint density at radius 3 is 2.73 bits per heavy atom. The van der Waals surface area contributed by atoms with Gasteiger partial charge in [0.2, 0.25) is 0 Å². The maximum Gasteiger partial charge on any atom is 0.293 e.